The van der Waals surface area contributed by atoms with Crippen LogP contribution in [0.1, 0.15) is 74.6 Å². The van der Waals surface area contributed by atoms with Gasteiger partial charge in [0.25, 0.3) is 0 Å². The molecule has 31 heavy (non-hydrogen) atoms. The third-order valence-electron chi connectivity index (χ3n) is 7.93. The topological polar surface area (TPSA) is 104 Å². The highest BCUT2D eigenvalue weighted by atomic mass is 16.5. The van der Waals surface area contributed by atoms with E-state index in [4.69, 9.17) is 10.3 Å². The fourth-order valence-corrected chi connectivity index (χ4v) is 6.94. The highest BCUT2D eigenvalue weighted by Crippen LogP contribution is 2.55. The first-order valence-electron chi connectivity index (χ1n) is 11.8. The summed E-state index contributed by atoms with van der Waals surface area (Å²) in [7, 11) is 0. The van der Waals surface area contributed by atoms with Crippen LogP contribution in [0, 0.1) is 23.3 Å². The number of rotatable bonds is 5. The molecule has 5 fully saturated rings. The molecule has 5 aliphatic carbocycles. The Bertz CT molecular complexity index is 810. The van der Waals surface area contributed by atoms with E-state index in [1.54, 1.807) is 24.3 Å². The summed E-state index contributed by atoms with van der Waals surface area (Å²) in [6, 6.07) is 6.67. The fraction of sp³-hybridized carbons (Fsp3) is 0.667. The van der Waals surface area contributed by atoms with Gasteiger partial charge in [0.05, 0.1) is 11.3 Å². The first-order valence-corrected chi connectivity index (χ1v) is 11.8. The maximum absolute atomic E-state index is 12.8. The molecule has 5 saturated carbocycles. The van der Waals surface area contributed by atoms with E-state index in [0.29, 0.717) is 11.3 Å². The van der Waals surface area contributed by atoms with E-state index in [1.165, 1.54) is 19.3 Å². The van der Waals surface area contributed by atoms with Crippen LogP contribution in [-0.2, 0) is 4.74 Å². The molecule has 2 amide bonds. The Labute approximate surface area is 183 Å². The van der Waals surface area contributed by atoms with Crippen molar-refractivity contribution in [3.63, 3.8) is 0 Å². The third kappa shape index (κ3) is 4.46. The van der Waals surface area contributed by atoms with E-state index in [2.05, 4.69) is 15.7 Å². The van der Waals surface area contributed by atoms with Crippen molar-refractivity contribution in [2.45, 2.75) is 81.9 Å². The van der Waals surface area contributed by atoms with E-state index < -0.39 is 0 Å². The minimum atomic E-state index is -0.340. The van der Waals surface area contributed by atoms with Crippen molar-refractivity contribution in [2.75, 3.05) is 0 Å². The van der Waals surface area contributed by atoms with Crippen LogP contribution in [0.15, 0.2) is 29.4 Å². The second-order valence-electron chi connectivity index (χ2n) is 10.3. The molecule has 0 aliphatic heterocycles. The summed E-state index contributed by atoms with van der Waals surface area (Å²) in [5.41, 5.74) is 8.00. The lowest BCUT2D eigenvalue weighted by Gasteiger charge is -2.56. The Morgan fingerprint density at radius 1 is 0.935 bits per heavy atom. The molecule has 1 aromatic rings. The lowest BCUT2D eigenvalue weighted by molar-refractivity contribution is -0.0139. The summed E-state index contributed by atoms with van der Waals surface area (Å²) in [6.45, 7) is 0. The normalized spacial score (nSPS) is 35.9. The molecule has 166 valence electrons. The number of esters is 1. The van der Waals surface area contributed by atoms with Gasteiger partial charge < -0.3 is 15.4 Å². The number of hydrogen-bond donors (Lipinski definition) is 3. The molecule has 6 rings (SSSR count). The van der Waals surface area contributed by atoms with Gasteiger partial charge in [0, 0.05) is 11.6 Å². The molecule has 0 radical (unpaired) electrons. The number of hydrogen-bond acceptors (Lipinski definition) is 5. The van der Waals surface area contributed by atoms with Gasteiger partial charge >= 0.3 is 12.0 Å². The van der Waals surface area contributed by atoms with Crippen molar-refractivity contribution < 1.29 is 14.3 Å². The Kier molecular flexibility index (Phi) is 5.44. The Morgan fingerprint density at radius 2 is 1.52 bits per heavy atom. The van der Waals surface area contributed by atoms with Crippen LogP contribution in [0.4, 0.5) is 10.5 Å². The largest absolute Gasteiger partial charge is 0.459 e. The van der Waals surface area contributed by atoms with Crippen molar-refractivity contribution >= 4 is 17.7 Å². The van der Waals surface area contributed by atoms with Crippen molar-refractivity contribution in [3.8, 4) is 0 Å². The molecule has 4 bridgehead atoms. The van der Waals surface area contributed by atoms with Crippen LogP contribution in [0.5, 0.6) is 0 Å². The Morgan fingerprint density at radius 3 is 2.06 bits per heavy atom. The van der Waals surface area contributed by atoms with Crippen LogP contribution in [-0.4, -0.2) is 29.7 Å². The summed E-state index contributed by atoms with van der Waals surface area (Å²) in [5.74, 6) is 2.10. The van der Waals surface area contributed by atoms with Gasteiger partial charge in [0.2, 0.25) is 0 Å². The smallest absolute Gasteiger partial charge is 0.338 e. The van der Waals surface area contributed by atoms with E-state index >= 15 is 0 Å². The predicted octanol–water partition coefficient (Wildman–Crippen LogP) is 5.09. The number of benzene rings is 1. The van der Waals surface area contributed by atoms with Crippen LogP contribution < -0.4 is 10.6 Å². The number of nitrogens with zero attached hydrogens (tertiary/aromatic N) is 1. The fourth-order valence-electron chi connectivity index (χ4n) is 6.94. The third-order valence-corrected chi connectivity index (χ3v) is 7.93. The van der Waals surface area contributed by atoms with Gasteiger partial charge in [-0.05, 0) is 106 Å². The highest BCUT2D eigenvalue weighted by Gasteiger charge is 2.51. The van der Waals surface area contributed by atoms with Crippen LogP contribution in [0.2, 0.25) is 0 Å². The molecule has 7 heteroatoms. The highest BCUT2D eigenvalue weighted by molar-refractivity contribution is 5.89. The number of carbonyl (C=O) groups is 2. The molecule has 1 aromatic carbocycles. The quantitative estimate of drug-likeness (QED) is 0.453. The number of nitrogens with one attached hydrogen (secondary N) is 3. The Hall–Kier alpha value is -2.44. The summed E-state index contributed by atoms with van der Waals surface area (Å²) >= 11 is 0. The van der Waals surface area contributed by atoms with Crippen LogP contribution in [0.25, 0.3) is 0 Å². The van der Waals surface area contributed by atoms with Gasteiger partial charge in [-0.3, -0.25) is 0 Å². The predicted molar refractivity (Wildman–Crippen MR) is 115 cm³/mol. The molecule has 3 N–H and O–H groups in total. The molecule has 7 nitrogen and oxygen atoms in total. The van der Waals surface area contributed by atoms with Crippen molar-refractivity contribution in [2.24, 2.45) is 22.9 Å². The molecule has 0 aromatic heterocycles. The second kappa shape index (κ2) is 8.24. The number of carbonyl (C=O) groups excluding carboxylic acids is 2. The first kappa shape index (κ1) is 20.5. The standard InChI is InChI=1S/C24H32N4O3/c25-28-20-3-1-18(2-4-20)22(29)31-21-7-5-19(6-8-21)26-23(30)27-24-12-15-9-16(13-24)11-17(10-15)14-24/h1-4,15-17,19,21,25H,5-14H2,(H2,26,27,30). The van der Waals surface area contributed by atoms with E-state index in [0.717, 1.165) is 62.7 Å². The Balaban J connectivity index is 1.07. The molecule has 0 heterocycles. The monoisotopic (exact) mass is 424 g/mol. The van der Waals surface area contributed by atoms with Gasteiger partial charge in [0.1, 0.15) is 6.10 Å². The van der Waals surface area contributed by atoms with Gasteiger partial charge in [-0.15, -0.1) is 0 Å². The van der Waals surface area contributed by atoms with E-state index in [9.17, 15) is 9.59 Å². The summed E-state index contributed by atoms with van der Waals surface area (Å²) < 4.78 is 5.65. The molecular weight excluding hydrogens is 392 g/mol. The lowest BCUT2D eigenvalue weighted by Crippen LogP contribution is -2.62. The second-order valence-corrected chi connectivity index (χ2v) is 10.3. The van der Waals surface area contributed by atoms with Crippen LogP contribution in [0.3, 0.4) is 0 Å². The average molecular weight is 425 g/mol. The summed E-state index contributed by atoms with van der Waals surface area (Å²) in [6.07, 6.45) is 10.6. The van der Waals surface area contributed by atoms with E-state index in [1.807, 2.05) is 0 Å². The summed E-state index contributed by atoms with van der Waals surface area (Å²) in [4.78, 5) is 25.1. The summed E-state index contributed by atoms with van der Waals surface area (Å²) in [5, 5.41) is 9.92. The molecule has 5 aliphatic rings. The van der Waals surface area contributed by atoms with Crippen molar-refractivity contribution in [3.05, 3.63) is 29.8 Å². The van der Waals surface area contributed by atoms with Crippen molar-refractivity contribution in [1.82, 2.24) is 10.6 Å². The number of urea groups is 1. The van der Waals surface area contributed by atoms with E-state index in [-0.39, 0.29) is 29.7 Å². The maximum atomic E-state index is 12.8. The van der Waals surface area contributed by atoms with Gasteiger partial charge in [-0.25, -0.2) is 15.1 Å². The molecule has 0 saturated heterocycles. The molecule has 0 spiro atoms. The zero-order valence-electron chi connectivity index (χ0n) is 17.9. The van der Waals surface area contributed by atoms with Crippen LogP contribution >= 0.6 is 0 Å². The van der Waals surface area contributed by atoms with Gasteiger partial charge in [-0.2, -0.15) is 5.11 Å². The minimum absolute atomic E-state index is 0.0118. The SMILES string of the molecule is N=Nc1ccc(C(=O)OC2CCC(NC(=O)NC34CC5CC(CC(C5)C3)C4)CC2)cc1. The zero-order chi connectivity index (χ0) is 21.4. The van der Waals surface area contributed by atoms with Gasteiger partial charge in [0.15, 0.2) is 0 Å². The zero-order valence-corrected chi connectivity index (χ0v) is 17.9. The maximum Gasteiger partial charge on any atom is 0.338 e. The first-order chi connectivity index (χ1) is 15.0. The molecular formula is C24H32N4O3. The number of ether oxygens (including phenoxy) is 1. The average Bonchev–Trinajstić information content (AvgIpc) is 2.73. The molecule has 0 atom stereocenters. The lowest BCUT2D eigenvalue weighted by atomic mass is 9.53. The number of amides is 2. The van der Waals surface area contributed by atoms with Crippen molar-refractivity contribution in [1.29, 1.82) is 5.53 Å². The van der Waals surface area contributed by atoms with Gasteiger partial charge in [-0.1, -0.05) is 0 Å². The minimum Gasteiger partial charge on any atom is -0.459 e. The molecule has 0 unspecified atom stereocenters.